The van der Waals surface area contributed by atoms with E-state index in [1.807, 2.05) is 32.9 Å². The number of benzene rings is 1. The quantitative estimate of drug-likeness (QED) is 0.820. The van der Waals surface area contributed by atoms with E-state index < -0.39 is 0 Å². The molecule has 1 N–H and O–H groups in total. The van der Waals surface area contributed by atoms with Crippen LogP contribution in [0.15, 0.2) is 12.1 Å². The summed E-state index contributed by atoms with van der Waals surface area (Å²) >= 11 is 1.26. The predicted octanol–water partition coefficient (Wildman–Crippen LogP) is 2.85. The molecule has 0 aliphatic heterocycles. The van der Waals surface area contributed by atoms with Gasteiger partial charge in [-0.25, -0.2) is 0 Å². The van der Waals surface area contributed by atoms with Crippen molar-refractivity contribution in [3.05, 3.63) is 28.8 Å². The number of anilines is 1. The third-order valence-corrected chi connectivity index (χ3v) is 3.61. The number of hydrogen-bond acceptors (Lipinski definition) is 4. The Bertz CT molecular complexity index is 477. The van der Waals surface area contributed by atoms with Gasteiger partial charge in [-0.1, -0.05) is 17.7 Å². The van der Waals surface area contributed by atoms with E-state index in [1.165, 1.54) is 17.3 Å². The van der Waals surface area contributed by atoms with Crippen LogP contribution in [0.5, 0.6) is 0 Å². The first-order valence-corrected chi connectivity index (χ1v) is 7.70. The summed E-state index contributed by atoms with van der Waals surface area (Å²) in [5.41, 5.74) is 4.13. The highest BCUT2D eigenvalue weighted by Gasteiger charge is 2.09. The summed E-state index contributed by atoms with van der Waals surface area (Å²) < 4.78 is 4.80. The fourth-order valence-corrected chi connectivity index (χ4v) is 2.59. The first-order valence-electron chi connectivity index (χ1n) is 6.55. The number of thioether (sulfide) groups is 1. The monoisotopic (exact) mass is 295 g/mol. The largest absolute Gasteiger partial charge is 0.465 e. The molecule has 0 saturated heterocycles. The van der Waals surface area contributed by atoms with Crippen LogP contribution in [-0.4, -0.2) is 30.0 Å². The molecule has 1 aromatic carbocycles. The summed E-state index contributed by atoms with van der Waals surface area (Å²) in [5.74, 6) is 0.0564. The molecule has 0 atom stereocenters. The summed E-state index contributed by atoms with van der Waals surface area (Å²) in [4.78, 5) is 23.0. The fraction of sp³-hybridized carbons (Fsp3) is 0.467. The van der Waals surface area contributed by atoms with E-state index in [0.29, 0.717) is 6.61 Å². The van der Waals surface area contributed by atoms with Gasteiger partial charge < -0.3 is 10.1 Å². The van der Waals surface area contributed by atoms with Crippen molar-refractivity contribution in [2.75, 3.05) is 23.4 Å². The van der Waals surface area contributed by atoms with Gasteiger partial charge in [0.2, 0.25) is 5.91 Å². The minimum atomic E-state index is -0.284. The minimum Gasteiger partial charge on any atom is -0.465 e. The Labute approximate surface area is 124 Å². The average molecular weight is 295 g/mol. The summed E-state index contributed by atoms with van der Waals surface area (Å²) in [6, 6.07) is 4.07. The molecule has 1 aromatic rings. The van der Waals surface area contributed by atoms with Crippen molar-refractivity contribution in [3.8, 4) is 0 Å². The summed E-state index contributed by atoms with van der Waals surface area (Å²) in [5, 5.41) is 2.90. The Hall–Kier alpha value is -1.49. The van der Waals surface area contributed by atoms with Crippen LogP contribution in [0.1, 0.15) is 23.6 Å². The second-order valence-electron chi connectivity index (χ2n) is 4.62. The van der Waals surface area contributed by atoms with Gasteiger partial charge >= 0.3 is 5.97 Å². The molecule has 0 spiro atoms. The Balaban J connectivity index is 2.49. The van der Waals surface area contributed by atoms with Gasteiger partial charge in [-0.2, -0.15) is 0 Å². The standard InChI is InChI=1S/C15H21NO3S/c1-5-19-14(18)9-20-8-13(17)16-15-11(3)6-10(2)7-12(15)4/h6-7H,5,8-9H2,1-4H3,(H,16,17). The number of aryl methyl sites for hydroxylation is 3. The number of esters is 1. The lowest BCUT2D eigenvalue weighted by Crippen LogP contribution is -2.17. The molecule has 110 valence electrons. The number of hydrogen-bond donors (Lipinski definition) is 1. The molecule has 20 heavy (non-hydrogen) atoms. The van der Waals surface area contributed by atoms with Crippen LogP contribution in [0.4, 0.5) is 5.69 Å². The number of nitrogens with one attached hydrogen (secondary N) is 1. The maximum absolute atomic E-state index is 11.9. The van der Waals surface area contributed by atoms with Crippen LogP contribution in [0.25, 0.3) is 0 Å². The van der Waals surface area contributed by atoms with Crippen LogP contribution in [-0.2, 0) is 14.3 Å². The van der Waals surface area contributed by atoms with Crippen molar-refractivity contribution in [2.45, 2.75) is 27.7 Å². The Morgan fingerprint density at radius 1 is 1.15 bits per heavy atom. The summed E-state index contributed by atoms with van der Waals surface area (Å²) in [6.07, 6.45) is 0. The SMILES string of the molecule is CCOC(=O)CSCC(=O)Nc1c(C)cc(C)cc1C. The zero-order valence-corrected chi connectivity index (χ0v) is 13.2. The van der Waals surface area contributed by atoms with Crippen molar-refractivity contribution >= 4 is 29.3 Å². The summed E-state index contributed by atoms with van der Waals surface area (Å²) in [7, 11) is 0. The molecule has 1 rings (SSSR count). The fourth-order valence-electron chi connectivity index (χ4n) is 1.98. The highest BCUT2D eigenvalue weighted by Crippen LogP contribution is 2.22. The number of ether oxygens (including phenoxy) is 1. The highest BCUT2D eigenvalue weighted by molar-refractivity contribution is 8.00. The Morgan fingerprint density at radius 2 is 1.75 bits per heavy atom. The minimum absolute atomic E-state index is 0.102. The first kappa shape index (κ1) is 16.6. The van der Waals surface area contributed by atoms with Crippen molar-refractivity contribution in [1.29, 1.82) is 0 Å². The molecule has 0 aromatic heterocycles. The molecule has 1 amide bonds. The zero-order valence-electron chi connectivity index (χ0n) is 12.4. The zero-order chi connectivity index (χ0) is 15.1. The predicted molar refractivity (Wildman–Crippen MR) is 83.2 cm³/mol. The lowest BCUT2D eigenvalue weighted by atomic mass is 10.1. The van der Waals surface area contributed by atoms with E-state index in [9.17, 15) is 9.59 Å². The summed E-state index contributed by atoms with van der Waals surface area (Å²) in [6.45, 7) is 8.11. The van der Waals surface area contributed by atoms with Crippen molar-refractivity contribution in [1.82, 2.24) is 0 Å². The van der Waals surface area contributed by atoms with Crippen LogP contribution >= 0.6 is 11.8 Å². The molecule has 0 heterocycles. The molecule has 5 heteroatoms. The van der Waals surface area contributed by atoms with Gasteiger partial charge in [0, 0.05) is 5.69 Å². The highest BCUT2D eigenvalue weighted by atomic mass is 32.2. The van der Waals surface area contributed by atoms with Crippen LogP contribution in [0.3, 0.4) is 0 Å². The van der Waals surface area contributed by atoms with E-state index in [0.717, 1.165) is 16.8 Å². The third kappa shape index (κ3) is 5.25. The molecule has 0 aliphatic carbocycles. The van der Waals surface area contributed by atoms with E-state index >= 15 is 0 Å². The van der Waals surface area contributed by atoms with Crippen molar-refractivity contribution in [2.24, 2.45) is 0 Å². The molecule has 0 radical (unpaired) electrons. The van der Waals surface area contributed by atoms with E-state index in [-0.39, 0.29) is 23.4 Å². The van der Waals surface area contributed by atoms with Gasteiger partial charge in [-0.05, 0) is 38.8 Å². The molecule has 4 nitrogen and oxygen atoms in total. The number of rotatable bonds is 6. The second-order valence-corrected chi connectivity index (χ2v) is 5.61. The smallest absolute Gasteiger partial charge is 0.315 e. The Kier molecular flexibility index (Phi) is 6.58. The molecule has 0 fully saturated rings. The third-order valence-electron chi connectivity index (χ3n) is 2.70. The topological polar surface area (TPSA) is 55.4 Å². The first-order chi connectivity index (χ1) is 9.43. The molecular formula is C15H21NO3S. The van der Waals surface area contributed by atoms with E-state index in [1.54, 1.807) is 6.92 Å². The number of amides is 1. The van der Waals surface area contributed by atoms with Gasteiger partial charge in [0.05, 0.1) is 18.1 Å². The van der Waals surface area contributed by atoms with Crippen LogP contribution in [0, 0.1) is 20.8 Å². The average Bonchev–Trinajstić information content (AvgIpc) is 2.34. The molecule has 0 unspecified atom stereocenters. The number of carbonyl (C=O) groups is 2. The molecule has 0 saturated carbocycles. The maximum atomic E-state index is 11.9. The van der Waals surface area contributed by atoms with Gasteiger partial charge in [0.25, 0.3) is 0 Å². The lowest BCUT2D eigenvalue weighted by Gasteiger charge is -2.12. The van der Waals surface area contributed by atoms with Gasteiger partial charge in [0.15, 0.2) is 0 Å². The van der Waals surface area contributed by atoms with Crippen molar-refractivity contribution < 1.29 is 14.3 Å². The van der Waals surface area contributed by atoms with Gasteiger partial charge in [-0.15, -0.1) is 11.8 Å². The van der Waals surface area contributed by atoms with Crippen LogP contribution in [0.2, 0.25) is 0 Å². The normalized spacial score (nSPS) is 10.2. The Morgan fingerprint density at radius 3 is 2.30 bits per heavy atom. The van der Waals surface area contributed by atoms with Crippen LogP contribution < -0.4 is 5.32 Å². The number of carbonyl (C=O) groups excluding carboxylic acids is 2. The second kappa shape index (κ2) is 7.94. The molecule has 0 aliphatic rings. The van der Waals surface area contributed by atoms with E-state index in [4.69, 9.17) is 4.74 Å². The molecule has 0 bridgehead atoms. The van der Waals surface area contributed by atoms with Gasteiger partial charge in [-0.3, -0.25) is 9.59 Å². The maximum Gasteiger partial charge on any atom is 0.315 e. The lowest BCUT2D eigenvalue weighted by molar-refractivity contribution is -0.139. The van der Waals surface area contributed by atoms with E-state index in [2.05, 4.69) is 5.32 Å². The molecular weight excluding hydrogens is 274 g/mol. The van der Waals surface area contributed by atoms with Crippen molar-refractivity contribution in [3.63, 3.8) is 0 Å². The van der Waals surface area contributed by atoms with Gasteiger partial charge in [0.1, 0.15) is 0 Å².